The minimum absolute atomic E-state index is 0.0114. The number of benzene rings is 2. The van der Waals surface area contributed by atoms with E-state index in [-0.39, 0.29) is 24.3 Å². The van der Waals surface area contributed by atoms with Crippen LogP contribution in [0.4, 0.5) is 5.69 Å². The smallest absolute Gasteiger partial charge is 0.270 e. The Morgan fingerprint density at radius 1 is 0.929 bits per heavy atom. The van der Waals surface area contributed by atoms with Crippen molar-refractivity contribution in [1.82, 2.24) is 14.4 Å². The normalized spacial score (nSPS) is 19.8. The van der Waals surface area contributed by atoms with E-state index in [2.05, 4.69) is 16.5 Å². The zero-order chi connectivity index (χ0) is 29.4. The summed E-state index contributed by atoms with van der Waals surface area (Å²) < 4.78 is 14.0. The van der Waals surface area contributed by atoms with Gasteiger partial charge >= 0.3 is 0 Å². The molecular formula is C34H38N4O4. The molecule has 42 heavy (non-hydrogen) atoms. The van der Waals surface area contributed by atoms with Crippen LogP contribution < -0.4 is 4.90 Å². The Morgan fingerprint density at radius 3 is 2.38 bits per heavy atom. The summed E-state index contributed by atoms with van der Waals surface area (Å²) in [5.74, 6) is -1.19. The average molecular weight is 567 g/mol. The molecule has 3 aliphatic rings. The predicted molar refractivity (Wildman–Crippen MR) is 163 cm³/mol. The maximum Gasteiger partial charge on any atom is 0.270 e. The lowest BCUT2D eigenvalue weighted by Gasteiger charge is -2.37. The highest BCUT2D eigenvalue weighted by Crippen LogP contribution is 2.41. The number of carbonyl (C=O) groups excluding carboxylic acids is 2. The first kappa shape index (κ1) is 28.2. The van der Waals surface area contributed by atoms with Crippen molar-refractivity contribution in [3.8, 4) is 0 Å². The lowest BCUT2D eigenvalue weighted by atomic mass is 9.86. The summed E-state index contributed by atoms with van der Waals surface area (Å²) in [6.07, 6.45) is 5.05. The molecule has 2 aliphatic heterocycles. The number of rotatable bonds is 6. The minimum atomic E-state index is -1.09. The first-order valence-electron chi connectivity index (χ1n) is 14.5. The second-order valence-corrected chi connectivity index (χ2v) is 11.4. The second kappa shape index (κ2) is 11.4. The maximum absolute atomic E-state index is 14.3. The summed E-state index contributed by atoms with van der Waals surface area (Å²) in [7, 11) is 7.21. The number of hydrogen-bond donors (Lipinski definition) is 0. The van der Waals surface area contributed by atoms with Crippen molar-refractivity contribution in [1.29, 1.82) is 0 Å². The molecule has 1 atom stereocenters. The van der Waals surface area contributed by atoms with E-state index in [1.165, 1.54) is 0 Å². The van der Waals surface area contributed by atoms with Gasteiger partial charge in [0.2, 0.25) is 0 Å². The molecule has 218 valence electrons. The van der Waals surface area contributed by atoms with Crippen molar-refractivity contribution in [2.24, 2.45) is 0 Å². The molecule has 1 aromatic heterocycles. The summed E-state index contributed by atoms with van der Waals surface area (Å²) in [5.41, 5.74) is 5.84. The SMILES string of the molecule is COC1(OC)CC(C(=O)N2Cc3ccc(C(=O)N(C)C4CCN(C)C4)n3Cc3ccccc32)=CC=C1c1ccccc1. The monoisotopic (exact) mass is 566 g/mol. The van der Waals surface area contributed by atoms with Crippen LogP contribution in [0.15, 0.2) is 84.5 Å². The van der Waals surface area contributed by atoms with Gasteiger partial charge in [0.25, 0.3) is 11.8 Å². The fraction of sp³-hybridized carbons (Fsp3) is 0.353. The summed E-state index contributed by atoms with van der Waals surface area (Å²) in [4.78, 5) is 34.0. The molecule has 3 heterocycles. The largest absolute Gasteiger partial charge is 0.349 e. The fourth-order valence-corrected chi connectivity index (χ4v) is 6.52. The zero-order valence-electron chi connectivity index (χ0n) is 24.7. The Kier molecular flexibility index (Phi) is 7.62. The molecule has 8 heteroatoms. The number of nitrogens with zero attached hydrogens (tertiary/aromatic N) is 4. The van der Waals surface area contributed by atoms with Gasteiger partial charge in [-0.2, -0.15) is 0 Å². The number of aromatic nitrogens is 1. The molecule has 6 rings (SSSR count). The number of fused-ring (bicyclic) bond motifs is 2. The van der Waals surface area contributed by atoms with Crippen molar-refractivity contribution in [3.05, 3.63) is 107 Å². The number of methoxy groups -OCH3 is 2. The highest BCUT2D eigenvalue weighted by molar-refractivity contribution is 6.07. The first-order valence-corrected chi connectivity index (χ1v) is 14.5. The number of para-hydroxylation sites is 1. The first-order chi connectivity index (χ1) is 20.3. The molecule has 0 radical (unpaired) electrons. The summed E-state index contributed by atoms with van der Waals surface area (Å²) in [5, 5.41) is 0. The molecule has 8 nitrogen and oxygen atoms in total. The van der Waals surface area contributed by atoms with E-state index >= 15 is 0 Å². The Hall–Kier alpha value is -3.98. The van der Waals surface area contributed by atoms with Crippen molar-refractivity contribution >= 4 is 23.1 Å². The molecule has 0 N–H and O–H groups in total. The van der Waals surface area contributed by atoms with Gasteiger partial charge in [-0.3, -0.25) is 9.59 Å². The van der Waals surface area contributed by atoms with Gasteiger partial charge in [0.15, 0.2) is 5.79 Å². The van der Waals surface area contributed by atoms with Gasteiger partial charge in [-0.15, -0.1) is 0 Å². The standard InChI is InChI=1S/C34H38N4O4/c1-35-19-18-27(22-35)36(2)33(40)31-17-15-28-23-38(30-13-9-8-12-26(30)21-37(28)31)32(39)25-14-16-29(24-10-6-5-7-11-24)34(20-25,41-3)42-4/h5-17,27H,18-23H2,1-4H3. The van der Waals surface area contributed by atoms with Crippen molar-refractivity contribution in [2.75, 3.05) is 46.3 Å². The fourth-order valence-electron chi connectivity index (χ4n) is 6.52. The van der Waals surface area contributed by atoms with E-state index in [4.69, 9.17) is 9.47 Å². The van der Waals surface area contributed by atoms with Crippen LogP contribution in [-0.4, -0.2) is 79.4 Å². The number of allylic oxidation sites excluding steroid dienone is 2. The molecular weight excluding hydrogens is 528 g/mol. The van der Waals surface area contributed by atoms with Crippen LogP contribution in [0, 0.1) is 0 Å². The Labute approximate surface area is 247 Å². The number of likely N-dealkylation sites (tertiary alicyclic amines) is 1. The molecule has 2 aromatic carbocycles. The average Bonchev–Trinajstić information content (AvgIpc) is 3.60. The summed E-state index contributed by atoms with van der Waals surface area (Å²) in [6, 6.07) is 22.0. The number of anilines is 1. The molecule has 3 aromatic rings. The van der Waals surface area contributed by atoms with Crippen molar-refractivity contribution < 1.29 is 19.1 Å². The van der Waals surface area contributed by atoms with Gasteiger partial charge in [0.05, 0.1) is 13.1 Å². The van der Waals surface area contributed by atoms with Gasteiger partial charge in [-0.1, -0.05) is 60.7 Å². The third-order valence-electron chi connectivity index (χ3n) is 9.00. The Balaban J connectivity index is 1.34. The van der Waals surface area contributed by atoms with Gasteiger partial charge < -0.3 is 28.7 Å². The predicted octanol–water partition coefficient (Wildman–Crippen LogP) is 4.56. The van der Waals surface area contributed by atoms with E-state index in [9.17, 15) is 9.59 Å². The second-order valence-electron chi connectivity index (χ2n) is 11.4. The molecule has 1 fully saturated rings. The summed E-state index contributed by atoms with van der Waals surface area (Å²) >= 11 is 0. The van der Waals surface area contributed by atoms with Gasteiger partial charge in [-0.05, 0) is 49.3 Å². The van der Waals surface area contributed by atoms with Crippen LogP contribution in [0.2, 0.25) is 0 Å². The van der Waals surface area contributed by atoms with Gasteiger partial charge in [0.1, 0.15) is 5.69 Å². The van der Waals surface area contributed by atoms with E-state index < -0.39 is 5.79 Å². The Bertz CT molecular complexity index is 1550. The highest BCUT2D eigenvalue weighted by Gasteiger charge is 2.41. The number of amides is 2. The van der Waals surface area contributed by atoms with Crippen LogP contribution in [0.25, 0.3) is 5.57 Å². The van der Waals surface area contributed by atoms with Crippen LogP contribution in [0.5, 0.6) is 0 Å². The molecule has 2 amide bonds. The highest BCUT2D eigenvalue weighted by atomic mass is 16.7. The van der Waals surface area contributed by atoms with Gasteiger partial charge in [0, 0.05) is 62.8 Å². The Morgan fingerprint density at radius 2 is 1.67 bits per heavy atom. The van der Waals surface area contributed by atoms with Crippen LogP contribution in [0.3, 0.4) is 0 Å². The number of likely N-dealkylation sites (N-methyl/N-ethyl adjacent to an activating group) is 2. The van der Waals surface area contributed by atoms with Crippen LogP contribution >= 0.6 is 0 Å². The molecule has 0 bridgehead atoms. The number of hydrogen-bond acceptors (Lipinski definition) is 5. The molecule has 0 saturated carbocycles. The quantitative estimate of drug-likeness (QED) is 0.410. The lowest BCUT2D eigenvalue weighted by Crippen LogP contribution is -2.41. The third kappa shape index (κ3) is 4.89. The van der Waals surface area contributed by atoms with Crippen LogP contribution in [-0.2, 0) is 27.4 Å². The molecule has 0 spiro atoms. The molecule has 1 aliphatic carbocycles. The number of ether oxygens (including phenoxy) is 2. The van der Waals surface area contributed by atoms with Crippen molar-refractivity contribution in [3.63, 3.8) is 0 Å². The van der Waals surface area contributed by atoms with E-state index in [1.807, 2.05) is 95.7 Å². The third-order valence-corrected chi connectivity index (χ3v) is 9.00. The minimum Gasteiger partial charge on any atom is -0.349 e. The number of carbonyl (C=O) groups is 2. The van der Waals surface area contributed by atoms with E-state index in [0.717, 1.165) is 47.6 Å². The van der Waals surface area contributed by atoms with E-state index in [0.29, 0.717) is 24.4 Å². The maximum atomic E-state index is 14.3. The zero-order valence-corrected chi connectivity index (χ0v) is 24.7. The summed E-state index contributed by atoms with van der Waals surface area (Å²) in [6.45, 7) is 2.72. The van der Waals surface area contributed by atoms with E-state index in [1.54, 1.807) is 14.2 Å². The molecule has 1 unspecified atom stereocenters. The van der Waals surface area contributed by atoms with Crippen LogP contribution in [0.1, 0.15) is 40.2 Å². The molecule has 1 saturated heterocycles. The van der Waals surface area contributed by atoms with Crippen molar-refractivity contribution in [2.45, 2.75) is 37.8 Å². The topological polar surface area (TPSA) is 67.2 Å². The lowest BCUT2D eigenvalue weighted by molar-refractivity contribution is -0.162. The van der Waals surface area contributed by atoms with Gasteiger partial charge in [-0.25, -0.2) is 0 Å².